The van der Waals surface area contributed by atoms with Crippen molar-refractivity contribution in [1.82, 2.24) is 15.5 Å². The van der Waals surface area contributed by atoms with Gasteiger partial charge in [-0.2, -0.15) is 8.42 Å². The normalized spacial score (nSPS) is 19.9. The Morgan fingerprint density at radius 2 is 1.56 bits per heavy atom. The molecule has 10 nitrogen and oxygen atoms in total. The van der Waals surface area contributed by atoms with E-state index in [9.17, 15) is 22.8 Å². The maximum atomic E-state index is 13.7. The van der Waals surface area contributed by atoms with Gasteiger partial charge in [0.2, 0.25) is 17.7 Å². The summed E-state index contributed by atoms with van der Waals surface area (Å²) < 4.78 is 29.2. The molecule has 0 bridgehead atoms. The fraction of sp³-hybridized carbons (Fsp3) is 0.432. The Morgan fingerprint density at radius 3 is 2.17 bits per heavy atom. The smallest absolute Gasteiger partial charge is 0.294 e. The number of anilines is 1. The van der Waals surface area contributed by atoms with Crippen molar-refractivity contribution in [1.29, 1.82) is 0 Å². The third-order valence-corrected chi connectivity index (χ3v) is 10.5. The lowest BCUT2D eigenvalue weighted by atomic mass is 9.86. The second-order valence-electron chi connectivity index (χ2n) is 13.3. The number of rotatable bonds is 8. The summed E-state index contributed by atoms with van der Waals surface area (Å²) >= 11 is 0. The summed E-state index contributed by atoms with van der Waals surface area (Å²) in [5, 5.41) is 6.42. The van der Waals surface area contributed by atoms with E-state index in [0.717, 1.165) is 55.5 Å². The predicted octanol–water partition coefficient (Wildman–Crippen LogP) is 4.35. The SMILES string of the molecule is CC1(C)C(=O)N(C2CCN(C(=O)[C@H](CCc3ccccc3)NC(=O)[C@@H]3CCCNC3)CC2)c2ccccc21.O=S(=O)(O)c1ccccc1. The number of fused-ring (bicyclic) bond motifs is 1. The molecule has 0 spiro atoms. The van der Waals surface area contributed by atoms with Crippen LogP contribution in [0.15, 0.2) is 89.8 Å². The molecule has 0 radical (unpaired) electrons. The fourth-order valence-corrected chi connectivity index (χ4v) is 7.34. The molecule has 11 heteroatoms. The van der Waals surface area contributed by atoms with Gasteiger partial charge >= 0.3 is 0 Å². The Morgan fingerprint density at radius 1 is 0.938 bits per heavy atom. The monoisotopic (exact) mass is 674 g/mol. The van der Waals surface area contributed by atoms with Crippen LogP contribution in [0.1, 0.15) is 57.1 Å². The van der Waals surface area contributed by atoms with Crippen LogP contribution in [0.4, 0.5) is 5.69 Å². The molecule has 0 unspecified atom stereocenters. The van der Waals surface area contributed by atoms with Crippen molar-refractivity contribution in [3.05, 3.63) is 96.1 Å². The Balaban J connectivity index is 0.000000387. The minimum Gasteiger partial charge on any atom is -0.344 e. The molecule has 0 saturated carbocycles. The highest BCUT2D eigenvalue weighted by Gasteiger charge is 2.47. The number of aryl methyl sites for hydroxylation is 1. The minimum atomic E-state index is -4.00. The van der Waals surface area contributed by atoms with Crippen LogP contribution in [-0.2, 0) is 36.3 Å². The van der Waals surface area contributed by atoms with Gasteiger partial charge in [0.25, 0.3) is 10.1 Å². The van der Waals surface area contributed by atoms with E-state index in [1.54, 1.807) is 18.2 Å². The molecule has 2 saturated heterocycles. The van der Waals surface area contributed by atoms with Crippen LogP contribution in [0.25, 0.3) is 0 Å². The minimum absolute atomic E-state index is 0.00928. The van der Waals surface area contributed by atoms with Crippen molar-refractivity contribution in [3.8, 4) is 0 Å². The zero-order valence-electron chi connectivity index (χ0n) is 27.7. The van der Waals surface area contributed by atoms with E-state index >= 15 is 0 Å². The van der Waals surface area contributed by atoms with Crippen LogP contribution in [0, 0.1) is 5.92 Å². The van der Waals surface area contributed by atoms with Crippen LogP contribution in [0.2, 0.25) is 0 Å². The largest absolute Gasteiger partial charge is 0.344 e. The first kappa shape index (κ1) is 35.3. The summed E-state index contributed by atoms with van der Waals surface area (Å²) in [4.78, 5) is 44.0. The Hall–Kier alpha value is -4.06. The van der Waals surface area contributed by atoms with Crippen molar-refractivity contribution in [3.63, 3.8) is 0 Å². The van der Waals surface area contributed by atoms with Gasteiger partial charge in [-0.25, -0.2) is 0 Å². The molecule has 3 aromatic rings. The molecule has 2 fully saturated rings. The van der Waals surface area contributed by atoms with Gasteiger partial charge in [0.05, 0.1) is 16.2 Å². The summed E-state index contributed by atoms with van der Waals surface area (Å²) in [5.41, 5.74) is 2.70. The molecule has 3 aromatic carbocycles. The van der Waals surface area contributed by atoms with Crippen molar-refractivity contribution in [2.24, 2.45) is 5.92 Å². The molecule has 0 aromatic heterocycles. The van der Waals surface area contributed by atoms with E-state index in [2.05, 4.69) is 22.8 Å². The lowest BCUT2D eigenvalue weighted by Gasteiger charge is -2.39. The van der Waals surface area contributed by atoms with Gasteiger partial charge in [-0.15, -0.1) is 0 Å². The summed E-state index contributed by atoms with van der Waals surface area (Å²) in [6.45, 7) is 6.76. The number of carbonyl (C=O) groups excluding carboxylic acids is 3. The first-order chi connectivity index (χ1) is 23.0. The molecule has 3 N–H and O–H groups in total. The Kier molecular flexibility index (Phi) is 11.3. The van der Waals surface area contributed by atoms with E-state index in [4.69, 9.17) is 4.55 Å². The number of piperidine rings is 2. The number of likely N-dealkylation sites (tertiary alicyclic amines) is 1. The number of benzene rings is 3. The molecule has 3 aliphatic heterocycles. The molecule has 3 amide bonds. The fourth-order valence-electron chi connectivity index (χ4n) is 6.84. The number of hydrogen-bond donors (Lipinski definition) is 3. The Bertz CT molecular complexity index is 1670. The topological polar surface area (TPSA) is 136 Å². The van der Waals surface area contributed by atoms with Crippen LogP contribution in [-0.4, -0.2) is 73.9 Å². The third-order valence-electron chi connectivity index (χ3n) is 9.62. The summed E-state index contributed by atoms with van der Waals surface area (Å²) in [6, 6.07) is 25.1. The maximum absolute atomic E-state index is 13.7. The molecule has 48 heavy (non-hydrogen) atoms. The molecule has 3 aliphatic rings. The molecule has 256 valence electrons. The zero-order valence-corrected chi connectivity index (χ0v) is 28.5. The van der Waals surface area contributed by atoms with Gasteiger partial charge in [-0.3, -0.25) is 18.9 Å². The van der Waals surface area contributed by atoms with Gasteiger partial charge < -0.3 is 20.4 Å². The predicted molar refractivity (Wildman–Crippen MR) is 185 cm³/mol. The van der Waals surface area contributed by atoms with Gasteiger partial charge in [0.15, 0.2) is 0 Å². The first-order valence-corrected chi connectivity index (χ1v) is 18.2. The Labute approximate surface area is 283 Å². The van der Waals surface area contributed by atoms with Crippen LogP contribution < -0.4 is 15.5 Å². The average molecular weight is 675 g/mol. The van der Waals surface area contributed by atoms with Crippen molar-refractivity contribution in [2.75, 3.05) is 31.1 Å². The zero-order chi connectivity index (χ0) is 34.3. The van der Waals surface area contributed by atoms with E-state index in [0.29, 0.717) is 26.1 Å². The van der Waals surface area contributed by atoms with Crippen LogP contribution >= 0.6 is 0 Å². The second-order valence-corrected chi connectivity index (χ2v) is 14.7. The average Bonchev–Trinajstić information content (AvgIpc) is 3.31. The van der Waals surface area contributed by atoms with Gasteiger partial charge in [-0.1, -0.05) is 66.7 Å². The highest BCUT2D eigenvalue weighted by Crippen LogP contribution is 2.43. The molecule has 2 atom stereocenters. The summed E-state index contributed by atoms with van der Waals surface area (Å²) in [7, 11) is -4.00. The number of para-hydroxylation sites is 1. The van der Waals surface area contributed by atoms with Crippen LogP contribution in [0.3, 0.4) is 0 Å². The standard InChI is InChI=1S/C31H40N4O3.C6H6O3S/c1-31(2)25-12-6-7-13-27(25)35(30(31)38)24-16-19-34(20-17-24)29(37)26(15-14-22-9-4-3-5-10-22)33-28(36)23-11-8-18-32-21-23;7-10(8,9)6-4-2-1-3-5-6/h3-7,9-10,12-13,23-24,26,32H,8,11,14-21H2,1-2H3,(H,33,36);1-5H,(H,7,8,9)/t23-,26+;/m1./s1. The van der Waals surface area contributed by atoms with E-state index < -0.39 is 21.6 Å². The number of carbonyl (C=O) groups is 3. The van der Waals surface area contributed by atoms with Crippen LogP contribution in [0.5, 0.6) is 0 Å². The number of nitrogens with zero attached hydrogens (tertiary/aromatic N) is 2. The lowest BCUT2D eigenvalue weighted by molar-refractivity contribution is -0.138. The van der Waals surface area contributed by atoms with Crippen molar-refractivity contribution in [2.45, 2.75) is 74.8 Å². The number of nitrogens with one attached hydrogen (secondary N) is 2. The number of hydrogen-bond acceptors (Lipinski definition) is 6. The van der Waals surface area contributed by atoms with Crippen molar-refractivity contribution < 1.29 is 27.4 Å². The molecule has 0 aliphatic carbocycles. The highest BCUT2D eigenvalue weighted by atomic mass is 32.2. The first-order valence-electron chi connectivity index (χ1n) is 16.8. The lowest BCUT2D eigenvalue weighted by Crippen LogP contribution is -2.55. The second kappa shape index (κ2) is 15.4. The maximum Gasteiger partial charge on any atom is 0.294 e. The molecule has 3 heterocycles. The van der Waals surface area contributed by atoms with Gasteiger partial charge in [0, 0.05) is 31.4 Å². The van der Waals surface area contributed by atoms with E-state index in [-0.39, 0.29) is 34.6 Å². The molecular weight excluding hydrogens is 628 g/mol. The summed E-state index contributed by atoms with van der Waals surface area (Å²) in [5.74, 6) is 0.00802. The molecule has 6 rings (SSSR count). The van der Waals surface area contributed by atoms with E-state index in [1.165, 1.54) is 12.1 Å². The summed E-state index contributed by atoms with van der Waals surface area (Å²) in [6.07, 6.45) is 4.59. The molecular formula is C37H46N4O6S. The third kappa shape index (κ3) is 8.32. The van der Waals surface area contributed by atoms with Crippen molar-refractivity contribution >= 4 is 33.5 Å². The number of amides is 3. The van der Waals surface area contributed by atoms with Gasteiger partial charge in [-0.05, 0) is 88.2 Å². The van der Waals surface area contributed by atoms with E-state index in [1.807, 2.05) is 66.1 Å². The quantitative estimate of drug-likeness (QED) is 0.303. The van der Waals surface area contributed by atoms with Gasteiger partial charge in [0.1, 0.15) is 6.04 Å². The highest BCUT2D eigenvalue weighted by molar-refractivity contribution is 7.85.